The molecule has 4 aromatic rings. The van der Waals surface area contributed by atoms with Gasteiger partial charge in [-0.3, -0.25) is 9.79 Å². The second-order valence-electron chi connectivity index (χ2n) is 5.96. The number of hydrogen-bond acceptors (Lipinski definition) is 3. The van der Waals surface area contributed by atoms with Gasteiger partial charge in [-0.05, 0) is 29.8 Å². The summed E-state index contributed by atoms with van der Waals surface area (Å²) in [4.78, 5) is 17.0. The van der Waals surface area contributed by atoms with Gasteiger partial charge in [-0.2, -0.15) is 9.78 Å². The van der Waals surface area contributed by atoms with Crippen molar-refractivity contribution in [3.8, 4) is 16.9 Å². The van der Waals surface area contributed by atoms with Gasteiger partial charge in [0.25, 0.3) is 5.56 Å². The largest absolute Gasteiger partial charge is 0.412 e. The van der Waals surface area contributed by atoms with Crippen molar-refractivity contribution in [2.75, 3.05) is 7.05 Å². The first-order valence-electron chi connectivity index (χ1n) is 8.38. The van der Waals surface area contributed by atoms with Crippen molar-refractivity contribution in [1.82, 2.24) is 9.78 Å². The van der Waals surface area contributed by atoms with Gasteiger partial charge in [0.05, 0.1) is 16.8 Å². The van der Waals surface area contributed by atoms with Gasteiger partial charge in [0.2, 0.25) is 0 Å². The van der Waals surface area contributed by atoms with Crippen LogP contribution in [0.1, 0.15) is 5.56 Å². The molecule has 2 N–H and O–H groups in total. The molecule has 0 aliphatic carbocycles. The molecule has 0 aliphatic heterocycles. The summed E-state index contributed by atoms with van der Waals surface area (Å²) in [5, 5.41) is 6.19. The Morgan fingerprint density at radius 1 is 0.889 bits per heavy atom. The van der Waals surface area contributed by atoms with Crippen LogP contribution in [-0.4, -0.2) is 28.5 Å². The first kappa shape index (κ1) is 18.2. The number of para-hydroxylation sites is 1. The minimum atomic E-state index is -0.123. The lowest BCUT2D eigenvalue weighted by molar-refractivity contribution is 0.824. The summed E-state index contributed by atoms with van der Waals surface area (Å²) in [6.07, 6.45) is 1.80. The van der Waals surface area contributed by atoms with Crippen molar-refractivity contribution in [2.45, 2.75) is 0 Å². The maximum atomic E-state index is 13.0. The Balaban J connectivity index is 0.00000210. The summed E-state index contributed by atoms with van der Waals surface area (Å²) < 4.78 is 1.47. The molecule has 0 fully saturated rings. The van der Waals surface area contributed by atoms with Crippen LogP contribution in [0.5, 0.6) is 0 Å². The van der Waals surface area contributed by atoms with Crippen LogP contribution in [0.3, 0.4) is 0 Å². The molecule has 0 bridgehead atoms. The van der Waals surface area contributed by atoms with Crippen LogP contribution in [0.15, 0.2) is 88.6 Å². The summed E-state index contributed by atoms with van der Waals surface area (Å²) >= 11 is 0. The zero-order valence-corrected chi connectivity index (χ0v) is 14.8. The molecule has 5 heteroatoms. The molecule has 0 unspecified atom stereocenters. The third-order valence-corrected chi connectivity index (χ3v) is 4.24. The number of nitrogens with zero attached hydrogens (tertiary/aromatic N) is 3. The second kappa shape index (κ2) is 7.76. The van der Waals surface area contributed by atoms with Crippen molar-refractivity contribution in [3.05, 3.63) is 94.8 Å². The van der Waals surface area contributed by atoms with Gasteiger partial charge >= 0.3 is 0 Å². The van der Waals surface area contributed by atoms with Crippen LogP contribution in [0.4, 0.5) is 0 Å². The van der Waals surface area contributed by atoms with Gasteiger partial charge < -0.3 is 5.48 Å². The Bertz CT molecular complexity index is 1170. The van der Waals surface area contributed by atoms with Crippen molar-refractivity contribution in [2.24, 2.45) is 4.99 Å². The predicted molar refractivity (Wildman–Crippen MR) is 110 cm³/mol. The molecule has 0 saturated carbocycles. The lowest BCUT2D eigenvalue weighted by Gasteiger charge is -2.11. The van der Waals surface area contributed by atoms with Gasteiger partial charge in [0, 0.05) is 24.2 Å². The Morgan fingerprint density at radius 2 is 1.59 bits per heavy atom. The van der Waals surface area contributed by atoms with E-state index in [0.29, 0.717) is 5.39 Å². The van der Waals surface area contributed by atoms with Crippen LogP contribution in [0.2, 0.25) is 0 Å². The standard InChI is InChI=1S/C22H17N3O.H2O/c1-23-15-16-8-7-9-17(14-16)21-19-12-5-6-13-20(19)22(26)25(24-21)18-10-3-2-4-11-18;/h2-15H,1H3;1H2/b23-15-;. The zero-order valence-electron chi connectivity index (χ0n) is 14.8. The van der Waals surface area contributed by atoms with Crippen LogP contribution in [-0.2, 0) is 0 Å². The molecule has 0 aliphatic rings. The number of aliphatic imine (C=N–C) groups is 1. The van der Waals surface area contributed by atoms with E-state index in [9.17, 15) is 4.79 Å². The average Bonchev–Trinajstić information content (AvgIpc) is 2.70. The Morgan fingerprint density at radius 3 is 2.33 bits per heavy atom. The molecule has 0 amide bonds. The highest BCUT2D eigenvalue weighted by molar-refractivity contribution is 5.95. The molecule has 27 heavy (non-hydrogen) atoms. The number of aromatic nitrogens is 2. The van der Waals surface area contributed by atoms with E-state index in [1.165, 1.54) is 4.68 Å². The van der Waals surface area contributed by atoms with Gasteiger partial charge in [-0.25, -0.2) is 0 Å². The average molecular weight is 357 g/mol. The highest BCUT2D eigenvalue weighted by Gasteiger charge is 2.13. The molecule has 0 spiro atoms. The topological polar surface area (TPSA) is 78.8 Å². The van der Waals surface area contributed by atoms with Crippen LogP contribution in [0, 0.1) is 0 Å². The molecule has 0 saturated heterocycles. The molecule has 0 radical (unpaired) electrons. The quantitative estimate of drug-likeness (QED) is 0.528. The van der Waals surface area contributed by atoms with E-state index in [4.69, 9.17) is 5.10 Å². The fraction of sp³-hybridized carbons (Fsp3) is 0.0455. The molecule has 0 atom stereocenters. The Labute approximate surface area is 156 Å². The Hall–Kier alpha value is -3.57. The first-order chi connectivity index (χ1) is 12.8. The van der Waals surface area contributed by atoms with Gasteiger partial charge in [0.15, 0.2) is 0 Å². The number of rotatable bonds is 3. The second-order valence-corrected chi connectivity index (χ2v) is 5.96. The fourth-order valence-corrected chi connectivity index (χ4v) is 3.06. The summed E-state index contributed by atoms with van der Waals surface area (Å²) in [6.45, 7) is 0. The van der Waals surface area contributed by atoms with Crippen LogP contribution in [0.25, 0.3) is 27.7 Å². The fourth-order valence-electron chi connectivity index (χ4n) is 3.06. The minimum absolute atomic E-state index is 0. The lowest BCUT2D eigenvalue weighted by atomic mass is 10.0. The first-order valence-corrected chi connectivity index (χ1v) is 8.38. The predicted octanol–water partition coefficient (Wildman–Crippen LogP) is 3.28. The zero-order chi connectivity index (χ0) is 17.9. The van der Waals surface area contributed by atoms with Crippen molar-refractivity contribution in [1.29, 1.82) is 0 Å². The van der Waals surface area contributed by atoms with Crippen molar-refractivity contribution >= 4 is 17.0 Å². The van der Waals surface area contributed by atoms with E-state index in [1.807, 2.05) is 78.9 Å². The van der Waals surface area contributed by atoms with E-state index < -0.39 is 0 Å². The molecule has 134 valence electrons. The number of hydrogen-bond donors (Lipinski definition) is 0. The molecular formula is C22H19N3O2. The smallest absolute Gasteiger partial charge is 0.279 e. The van der Waals surface area contributed by atoms with Gasteiger partial charge in [0.1, 0.15) is 0 Å². The van der Waals surface area contributed by atoms with E-state index in [1.54, 1.807) is 13.3 Å². The molecule has 4 rings (SSSR count). The normalized spacial score (nSPS) is 10.9. The third kappa shape index (κ3) is 3.41. The van der Waals surface area contributed by atoms with Gasteiger partial charge in [-0.1, -0.05) is 54.6 Å². The highest BCUT2D eigenvalue weighted by atomic mass is 16.1. The SMILES string of the molecule is C/N=C\c1cccc(-c2nn(-c3ccccc3)c(=O)c3ccccc23)c1.O. The molecular weight excluding hydrogens is 338 g/mol. The summed E-state index contributed by atoms with van der Waals surface area (Å²) in [5.74, 6) is 0. The number of fused-ring (bicyclic) bond motifs is 1. The summed E-state index contributed by atoms with van der Waals surface area (Å²) in [5.41, 5.74) is 3.34. The van der Waals surface area contributed by atoms with E-state index in [-0.39, 0.29) is 11.0 Å². The van der Waals surface area contributed by atoms with Crippen LogP contribution < -0.4 is 5.56 Å². The van der Waals surface area contributed by atoms with E-state index in [0.717, 1.165) is 27.9 Å². The van der Waals surface area contributed by atoms with Crippen molar-refractivity contribution in [3.63, 3.8) is 0 Å². The Kier molecular flexibility index (Phi) is 5.24. The summed E-state index contributed by atoms with van der Waals surface area (Å²) in [6, 6.07) is 25.1. The molecule has 1 aromatic heterocycles. The highest BCUT2D eigenvalue weighted by Crippen LogP contribution is 2.25. The third-order valence-electron chi connectivity index (χ3n) is 4.24. The summed E-state index contributed by atoms with van der Waals surface area (Å²) in [7, 11) is 1.75. The molecule has 3 aromatic carbocycles. The monoisotopic (exact) mass is 357 g/mol. The molecule has 5 nitrogen and oxygen atoms in total. The maximum Gasteiger partial charge on any atom is 0.279 e. The van der Waals surface area contributed by atoms with Crippen molar-refractivity contribution < 1.29 is 5.48 Å². The van der Waals surface area contributed by atoms with E-state index in [2.05, 4.69) is 4.99 Å². The maximum absolute atomic E-state index is 13.0. The lowest BCUT2D eigenvalue weighted by Crippen LogP contribution is -2.22. The number of benzene rings is 3. The van der Waals surface area contributed by atoms with Crippen LogP contribution >= 0.6 is 0 Å². The van der Waals surface area contributed by atoms with Gasteiger partial charge in [-0.15, -0.1) is 0 Å². The minimum Gasteiger partial charge on any atom is -0.412 e. The molecule has 1 heterocycles. The van der Waals surface area contributed by atoms with E-state index >= 15 is 0 Å².